The summed E-state index contributed by atoms with van der Waals surface area (Å²) in [5.74, 6) is 5.55. The highest BCUT2D eigenvalue weighted by atomic mass is 35.5. The first-order valence-corrected chi connectivity index (χ1v) is 5.14. The van der Waals surface area contributed by atoms with Crippen molar-refractivity contribution < 1.29 is 0 Å². The molecular weight excluding hydrogens is 226 g/mol. The summed E-state index contributed by atoms with van der Waals surface area (Å²) in [6.07, 6.45) is 5.32. The zero-order valence-corrected chi connectivity index (χ0v) is 9.52. The lowest BCUT2D eigenvalue weighted by Gasteiger charge is -2.14. The van der Waals surface area contributed by atoms with Crippen molar-refractivity contribution in [1.29, 1.82) is 0 Å². The number of pyridine rings is 1. The summed E-state index contributed by atoms with van der Waals surface area (Å²) in [5.41, 5.74) is 4.67. The van der Waals surface area contributed by atoms with Gasteiger partial charge in [0.15, 0.2) is 0 Å². The highest BCUT2D eigenvalue weighted by Gasteiger charge is 2.14. The molecule has 6 heteroatoms. The van der Waals surface area contributed by atoms with Gasteiger partial charge in [0.05, 0.1) is 12.2 Å². The summed E-state index contributed by atoms with van der Waals surface area (Å²) in [6, 6.07) is 3.51. The van der Waals surface area contributed by atoms with Crippen molar-refractivity contribution in [1.82, 2.24) is 20.2 Å². The molecule has 84 valence electrons. The van der Waals surface area contributed by atoms with Crippen LogP contribution in [0.5, 0.6) is 0 Å². The fourth-order valence-electron chi connectivity index (χ4n) is 1.57. The standard InChI is InChI=1S/C10H12ClN5/c1-16-6-8(5-14-16)10(15-12)7-2-3-13-9(11)4-7/h2-6,10,15H,12H2,1H3. The summed E-state index contributed by atoms with van der Waals surface area (Å²) < 4.78 is 1.72. The summed E-state index contributed by atoms with van der Waals surface area (Å²) in [7, 11) is 1.86. The predicted molar refractivity (Wildman–Crippen MR) is 61.6 cm³/mol. The monoisotopic (exact) mass is 237 g/mol. The van der Waals surface area contributed by atoms with Gasteiger partial charge in [-0.3, -0.25) is 10.5 Å². The molecule has 0 aromatic carbocycles. The number of nitrogens with two attached hydrogens (primary N) is 1. The Labute approximate surface area is 98.2 Å². The molecule has 0 aliphatic rings. The molecule has 2 aromatic rings. The Morgan fingerprint density at radius 2 is 2.31 bits per heavy atom. The molecule has 5 nitrogen and oxygen atoms in total. The van der Waals surface area contributed by atoms with E-state index in [0.717, 1.165) is 11.1 Å². The quantitative estimate of drug-likeness (QED) is 0.475. The maximum atomic E-state index is 5.84. The Morgan fingerprint density at radius 3 is 2.88 bits per heavy atom. The molecule has 0 bridgehead atoms. The van der Waals surface area contributed by atoms with Crippen molar-refractivity contribution in [3.63, 3.8) is 0 Å². The minimum atomic E-state index is -0.130. The van der Waals surface area contributed by atoms with E-state index in [1.165, 1.54) is 0 Å². The third kappa shape index (κ3) is 2.21. The Hall–Kier alpha value is -1.43. The van der Waals surface area contributed by atoms with E-state index in [1.54, 1.807) is 23.1 Å². The van der Waals surface area contributed by atoms with Crippen molar-refractivity contribution in [2.24, 2.45) is 12.9 Å². The zero-order chi connectivity index (χ0) is 11.5. The minimum absolute atomic E-state index is 0.130. The Kier molecular flexibility index (Phi) is 3.19. The minimum Gasteiger partial charge on any atom is -0.275 e. The topological polar surface area (TPSA) is 68.8 Å². The van der Waals surface area contributed by atoms with Crippen LogP contribution in [0.1, 0.15) is 17.2 Å². The smallest absolute Gasteiger partial charge is 0.129 e. The van der Waals surface area contributed by atoms with Gasteiger partial charge < -0.3 is 0 Å². The number of aryl methyl sites for hydroxylation is 1. The largest absolute Gasteiger partial charge is 0.275 e. The van der Waals surface area contributed by atoms with Gasteiger partial charge in [-0.2, -0.15) is 5.10 Å². The van der Waals surface area contributed by atoms with E-state index in [9.17, 15) is 0 Å². The fraction of sp³-hybridized carbons (Fsp3) is 0.200. The van der Waals surface area contributed by atoms with Crippen molar-refractivity contribution >= 4 is 11.6 Å². The molecular formula is C10H12ClN5. The number of halogens is 1. The lowest BCUT2D eigenvalue weighted by atomic mass is 10.0. The van der Waals surface area contributed by atoms with Crippen molar-refractivity contribution in [2.75, 3.05) is 0 Å². The van der Waals surface area contributed by atoms with Crippen LogP contribution in [0.4, 0.5) is 0 Å². The normalized spacial score (nSPS) is 12.7. The van der Waals surface area contributed by atoms with Crippen LogP contribution >= 0.6 is 11.6 Å². The number of hydrogen-bond acceptors (Lipinski definition) is 4. The third-order valence-electron chi connectivity index (χ3n) is 2.31. The summed E-state index contributed by atoms with van der Waals surface area (Å²) in [6.45, 7) is 0. The molecule has 0 amide bonds. The molecule has 0 spiro atoms. The average molecular weight is 238 g/mol. The van der Waals surface area contributed by atoms with Gasteiger partial charge in [-0.05, 0) is 17.7 Å². The van der Waals surface area contributed by atoms with E-state index in [2.05, 4.69) is 15.5 Å². The second kappa shape index (κ2) is 4.61. The SMILES string of the molecule is Cn1cc(C(NN)c2ccnc(Cl)c2)cn1. The zero-order valence-electron chi connectivity index (χ0n) is 8.76. The van der Waals surface area contributed by atoms with Crippen LogP contribution < -0.4 is 11.3 Å². The van der Waals surface area contributed by atoms with Crippen LogP contribution in [-0.2, 0) is 7.05 Å². The van der Waals surface area contributed by atoms with Crippen LogP contribution in [0.2, 0.25) is 5.15 Å². The molecule has 0 saturated carbocycles. The van der Waals surface area contributed by atoms with Gasteiger partial charge in [-0.1, -0.05) is 11.6 Å². The second-order valence-electron chi connectivity index (χ2n) is 3.46. The van der Waals surface area contributed by atoms with Crippen molar-refractivity contribution in [3.8, 4) is 0 Å². The molecule has 2 aromatic heterocycles. The fourth-order valence-corrected chi connectivity index (χ4v) is 1.75. The van der Waals surface area contributed by atoms with Gasteiger partial charge in [0.2, 0.25) is 0 Å². The molecule has 1 atom stereocenters. The Morgan fingerprint density at radius 1 is 1.50 bits per heavy atom. The summed E-state index contributed by atoms with van der Waals surface area (Å²) in [4.78, 5) is 3.93. The van der Waals surface area contributed by atoms with Gasteiger partial charge >= 0.3 is 0 Å². The average Bonchev–Trinajstić information content (AvgIpc) is 2.66. The lowest BCUT2D eigenvalue weighted by Crippen LogP contribution is -2.28. The van der Waals surface area contributed by atoms with E-state index < -0.39 is 0 Å². The summed E-state index contributed by atoms with van der Waals surface area (Å²) >= 11 is 5.84. The number of hydrazine groups is 1. The molecule has 2 rings (SSSR count). The van der Waals surface area contributed by atoms with Crippen LogP contribution in [0.25, 0.3) is 0 Å². The lowest BCUT2D eigenvalue weighted by molar-refractivity contribution is 0.635. The molecule has 3 N–H and O–H groups in total. The molecule has 0 radical (unpaired) electrons. The molecule has 0 aliphatic carbocycles. The van der Waals surface area contributed by atoms with E-state index >= 15 is 0 Å². The van der Waals surface area contributed by atoms with Crippen molar-refractivity contribution in [2.45, 2.75) is 6.04 Å². The maximum Gasteiger partial charge on any atom is 0.129 e. The number of rotatable bonds is 3. The van der Waals surface area contributed by atoms with Crippen LogP contribution in [-0.4, -0.2) is 14.8 Å². The molecule has 0 fully saturated rings. The second-order valence-corrected chi connectivity index (χ2v) is 3.85. The van der Waals surface area contributed by atoms with Gasteiger partial charge in [0, 0.05) is 25.0 Å². The highest BCUT2D eigenvalue weighted by Crippen LogP contribution is 2.21. The Balaban J connectivity index is 2.36. The molecule has 1 unspecified atom stereocenters. The molecule has 0 aliphatic heterocycles. The van der Waals surface area contributed by atoms with E-state index in [-0.39, 0.29) is 6.04 Å². The van der Waals surface area contributed by atoms with E-state index in [4.69, 9.17) is 17.4 Å². The first-order chi connectivity index (χ1) is 7.70. The number of hydrogen-bond donors (Lipinski definition) is 2. The Bertz CT molecular complexity index is 482. The highest BCUT2D eigenvalue weighted by molar-refractivity contribution is 6.29. The van der Waals surface area contributed by atoms with Gasteiger partial charge in [-0.25, -0.2) is 10.4 Å². The van der Waals surface area contributed by atoms with Crippen LogP contribution in [0.3, 0.4) is 0 Å². The van der Waals surface area contributed by atoms with Gasteiger partial charge in [0.1, 0.15) is 5.15 Å². The third-order valence-corrected chi connectivity index (χ3v) is 2.52. The molecule has 0 saturated heterocycles. The van der Waals surface area contributed by atoms with E-state index in [1.807, 2.05) is 19.3 Å². The van der Waals surface area contributed by atoms with Gasteiger partial charge in [0.25, 0.3) is 0 Å². The predicted octanol–water partition coefficient (Wildman–Crippen LogP) is 1.02. The summed E-state index contributed by atoms with van der Waals surface area (Å²) in [5, 5.41) is 4.55. The van der Waals surface area contributed by atoms with Crippen molar-refractivity contribution in [3.05, 3.63) is 47.0 Å². The first-order valence-electron chi connectivity index (χ1n) is 4.77. The first kappa shape index (κ1) is 11.1. The number of nitrogens with one attached hydrogen (secondary N) is 1. The maximum absolute atomic E-state index is 5.84. The molecule has 2 heterocycles. The van der Waals surface area contributed by atoms with Gasteiger partial charge in [-0.15, -0.1) is 0 Å². The van der Waals surface area contributed by atoms with Crippen LogP contribution in [0, 0.1) is 0 Å². The number of aromatic nitrogens is 3. The van der Waals surface area contributed by atoms with Crippen LogP contribution in [0.15, 0.2) is 30.7 Å². The molecule has 16 heavy (non-hydrogen) atoms. The van der Waals surface area contributed by atoms with E-state index in [0.29, 0.717) is 5.15 Å². The number of nitrogens with zero attached hydrogens (tertiary/aromatic N) is 3.